The van der Waals surface area contributed by atoms with Crippen molar-refractivity contribution in [2.45, 2.75) is 20.3 Å². The van der Waals surface area contributed by atoms with Gasteiger partial charge in [0.2, 0.25) is 0 Å². The molecule has 0 aliphatic rings. The Kier molecular flexibility index (Phi) is 4.35. The molecule has 0 aliphatic carbocycles. The van der Waals surface area contributed by atoms with Crippen molar-refractivity contribution in [2.75, 3.05) is 12.3 Å². The molecule has 0 atom stereocenters. The van der Waals surface area contributed by atoms with Gasteiger partial charge in [0.15, 0.2) is 0 Å². The van der Waals surface area contributed by atoms with Crippen LogP contribution in [0.15, 0.2) is 28.7 Å². The van der Waals surface area contributed by atoms with Crippen molar-refractivity contribution in [1.29, 1.82) is 0 Å². The minimum atomic E-state index is -0.514. The highest BCUT2D eigenvalue weighted by Crippen LogP contribution is 2.34. The number of aryl methyl sites for hydroxylation is 1. The fraction of sp³-hybridized carbons (Fsp3) is 0.267. The Morgan fingerprint density at radius 1 is 1.35 bits per heavy atom. The van der Waals surface area contributed by atoms with Crippen LogP contribution >= 0.6 is 11.6 Å². The van der Waals surface area contributed by atoms with E-state index in [0.717, 1.165) is 12.2 Å². The molecule has 0 spiro atoms. The average molecular weight is 294 g/mol. The number of benzene rings is 1. The molecule has 0 fully saturated rings. The van der Waals surface area contributed by atoms with E-state index in [1.807, 2.05) is 19.9 Å². The summed E-state index contributed by atoms with van der Waals surface area (Å²) >= 11 is 6.06. The molecular formula is C15H16ClNO3. The van der Waals surface area contributed by atoms with Gasteiger partial charge in [0.05, 0.1) is 17.3 Å². The van der Waals surface area contributed by atoms with Gasteiger partial charge >= 0.3 is 5.97 Å². The number of carbonyl (C=O) groups is 1. The van der Waals surface area contributed by atoms with Gasteiger partial charge in [-0.2, -0.15) is 0 Å². The van der Waals surface area contributed by atoms with Crippen molar-refractivity contribution in [3.63, 3.8) is 0 Å². The van der Waals surface area contributed by atoms with Gasteiger partial charge in [-0.1, -0.05) is 18.5 Å². The lowest BCUT2D eigenvalue weighted by Gasteiger charge is -2.11. The fourth-order valence-corrected chi connectivity index (χ4v) is 2.10. The largest absolute Gasteiger partial charge is 0.462 e. The van der Waals surface area contributed by atoms with Crippen LogP contribution in [0.1, 0.15) is 29.5 Å². The number of hydrogen-bond acceptors (Lipinski definition) is 4. The lowest BCUT2D eigenvalue weighted by molar-refractivity contribution is 0.0506. The van der Waals surface area contributed by atoms with Gasteiger partial charge in [-0.05, 0) is 37.6 Å². The molecule has 0 bridgehead atoms. The quantitative estimate of drug-likeness (QED) is 0.682. The van der Waals surface area contributed by atoms with E-state index in [-0.39, 0.29) is 16.3 Å². The van der Waals surface area contributed by atoms with Crippen LogP contribution in [-0.2, 0) is 4.74 Å². The number of esters is 1. The molecule has 0 saturated carbocycles. The van der Waals surface area contributed by atoms with Crippen LogP contribution in [0.25, 0.3) is 11.3 Å². The first kappa shape index (κ1) is 14.5. The Morgan fingerprint density at radius 3 is 2.70 bits per heavy atom. The number of nitrogens with two attached hydrogens (primary N) is 1. The van der Waals surface area contributed by atoms with Crippen LogP contribution in [0.5, 0.6) is 0 Å². The van der Waals surface area contributed by atoms with Crippen molar-refractivity contribution in [1.82, 2.24) is 0 Å². The number of ether oxygens (including phenoxy) is 1. The highest BCUT2D eigenvalue weighted by Gasteiger charge is 2.20. The van der Waals surface area contributed by atoms with E-state index in [1.54, 1.807) is 18.2 Å². The Labute approximate surface area is 122 Å². The van der Waals surface area contributed by atoms with Crippen LogP contribution in [0.3, 0.4) is 0 Å². The zero-order chi connectivity index (χ0) is 14.7. The van der Waals surface area contributed by atoms with Crippen LogP contribution in [0.4, 0.5) is 5.69 Å². The van der Waals surface area contributed by atoms with Gasteiger partial charge < -0.3 is 14.9 Å². The Hall–Kier alpha value is -1.94. The fourth-order valence-electron chi connectivity index (χ4n) is 1.86. The van der Waals surface area contributed by atoms with Crippen molar-refractivity contribution in [2.24, 2.45) is 0 Å². The Balaban J connectivity index is 2.45. The number of hydrogen-bond donors (Lipinski definition) is 1. The molecule has 106 valence electrons. The Bertz CT molecular complexity index is 634. The van der Waals surface area contributed by atoms with E-state index in [9.17, 15) is 4.79 Å². The minimum absolute atomic E-state index is 0.187. The van der Waals surface area contributed by atoms with Crippen LogP contribution in [0, 0.1) is 6.92 Å². The second-order valence-corrected chi connectivity index (χ2v) is 4.84. The number of rotatable bonds is 4. The molecular weight excluding hydrogens is 278 g/mol. The number of carbonyl (C=O) groups excluding carboxylic acids is 1. The lowest BCUT2D eigenvalue weighted by atomic mass is 10.1. The van der Waals surface area contributed by atoms with E-state index in [0.29, 0.717) is 17.9 Å². The topological polar surface area (TPSA) is 65.5 Å². The van der Waals surface area contributed by atoms with Crippen LogP contribution < -0.4 is 5.73 Å². The number of anilines is 1. The third kappa shape index (κ3) is 2.80. The summed E-state index contributed by atoms with van der Waals surface area (Å²) in [6.07, 6.45) is 0.736. The molecule has 1 heterocycles. The second kappa shape index (κ2) is 6.01. The summed E-state index contributed by atoms with van der Waals surface area (Å²) in [7, 11) is 0. The van der Waals surface area contributed by atoms with Gasteiger partial charge in [-0.25, -0.2) is 4.79 Å². The first-order valence-electron chi connectivity index (χ1n) is 6.36. The summed E-state index contributed by atoms with van der Waals surface area (Å²) in [4.78, 5) is 12.0. The molecule has 0 unspecified atom stereocenters. The highest BCUT2D eigenvalue weighted by molar-refractivity contribution is 6.34. The molecule has 0 saturated heterocycles. The highest BCUT2D eigenvalue weighted by atomic mass is 35.5. The van der Waals surface area contributed by atoms with E-state index >= 15 is 0 Å². The summed E-state index contributed by atoms with van der Waals surface area (Å²) in [6, 6.07) is 6.98. The van der Waals surface area contributed by atoms with Gasteiger partial charge in [-0.15, -0.1) is 0 Å². The first-order valence-corrected chi connectivity index (χ1v) is 6.74. The molecule has 4 nitrogen and oxygen atoms in total. The monoisotopic (exact) mass is 293 g/mol. The summed E-state index contributed by atoms with van der Waals surface area (Å²) in [6.45, 7) is 4.09. The van der Waals surface area contributed by atoms with Gasteiger partial charge in [-0.3, -0.25) is 0 Å². The maximum absolute atomic E-state index is 12.0. The third-order valence-electron chi connectivity index (χ3n) is 2.84. The number of furan rings is 1. The van der Waals surface area contributed by atoms with E-state index < -0.39 is 5.97 Å². The average Bonchev–Trinajstić information content (AvgIpc) is 2.83. The molecule has 0 aliphatic heterocycles. The molecule has 20 heavy (non-hydrogen) atoms. The van der Waals surface area contributed by atoms with Crippen molar-refractivity contribution in [3.8, 4) is 11.3 Å². The normalized spacial score (nSPS) is 10.6. The lowest BCUT2D eigenvalue weighted by Crippen LogP contribution is -2.10. The minimum Gasteiger partial charge on any atom is -0.462 e. The molecule has 0 amide bonds. The molecule has 1 aromatic carbocycles. The Morgan fingerprint density at radius 2 is 2.10 bits per heavy atom. The molecule has 2 aromatic rings. The van der Waals surface area contributed by atoms with E-state index in [1.165, 1.54) is 0 Å². The smallest absolute Gasteiger partial charge is 0.341 e. The zero-order valence-corrected chi connectivity index (χ0v) is 12.2. The molecule has 1 aromatic heterocycles. The summed E-state index contributed by atoms with van der Waals surface area (Å²) in [5, 5.41) is 0.274. The van der Waals surface area contributed by atoms with E-state index in [2.05, 4.69) is 0 Å². The third-order valence-corrected chi connectivity index (χ3v) is 3.16. The van der Waals surface area contributed by atoms with Gasteiger partial charge in [0, 0.05) is 5.56 Å². The van der Waals surface area contributed by atoms with Crippen molar-refractivity contribution < 1.29 is 13.9 Å². The van der Waals surface area contributed by atoms with Gasteiger partial charge in [0.25, 0.3) is 0 Å². The van der Waals surface area contributed by atoms with Crippen molar-refractivity contribution >= 4 is 23.3 Å². The summed E-state index contributed by atoms with van der Waals surface area (Å²) < 4.78 is 10.6. The molecule has 5 heteroatoms. The second-order valence-electron chi connectivity index (χ2n) is 4.43. The number of halogens is 1. The van der Waals surface area contributed by atoms with Crippen LogP contribution in [0.2, 0.25) is 5.02 Å². The van der Waals surface area contributed by atoms with E-state index in [4.69, 9.17) is 26.5 Å². The first-order chi connectivity index (χ1) is 9.54. The summed E-state index contributed by atoms with van der Waals surface area (Å²) in [5.74, 6) is 0.852. The van der Waals surface area contributed by atoms with Crippen molar-refractivity contribution in [3.05, 3.63) is 40.6 Å². The molecule has 2 N–H and O–H groups in total. The standard InChI is InChI=1S/C15H16ClNO3/c1-3-8-19-15(18)13-11(16)6-5-10(14(13)17)12-7-4-9(2)20-12/h4-7H,3,8,17H2,1-2H3. The zero-order valence-electron chi connectivity index (χ0n) is 11.4. The predicted octanol–water partition coefficient (Wildman–Crippen LogP) is 4.06. The van der Waals surface area contributed by atoms with Gasteiger partial charge in [0.1, 0.15) is 17.1 Å². The molecule has 2 rings (SSSR count). The summed E-state index contributed by atoms with van der Waals surface area (Å²) in [5.41, 5.74) is 7.14. The SMILES string of the molecule is CCCOC(=O)c1c(Cl)ccc(-c2ccc(C)o2)c1N. The maximum atomic E-state index is 12.0. The molecule has 0 radical (unpaired) electrons. The predicted molar refractivity (Wildman–Crippen MR) is 78.9 cm³/mol. The van der Waals surface area contributed by atoms with Crippen LogP contribution in [-0.4, -0.2) is 12.6 Å². The maximum Gasteiger partial charge on any atom is 0.341 e. The number of nitrogen functional groups attached to an aromatic ring is 1.